The van der Waals surface area contributed by atoms with E-state index in [-0.39, 0.29) is 18.9 Å². The standard InChI is InChI=1S/C65H111NO8/c1-3-5-7-9-11-13-15-17-19-21-23-25-27-28-29-30-31-32-33-35-37-39-41-43-45-47-49-51-53-55-61(69)66-58(57-73-65-64(72)63(71)62(70)60(56-67)74-65)59(68)54-52-50-48-46-44-42-40-38-36-34-26-24-22-20-18-16-14-12-10-8-6-4-2/h5,7,11,13,17,19,23,25,28-29,31-32,35,37,41,43,47,49,58-60,62-65,67-68,70-72H,3-4,6,8-10,12,14-16,18,20-22,24,26-27,30,33-34,36,38-40,42,44-46,48,50-57H2,1-2H3,(H,66,69)/b7-5-,13-11-,19-17-,25-23-,29-28-,32-31-,37-35-,43-41-,49-47-. The van der Waals surface area contributed by atoms with Gasteiger partial charge in [-0.25, -0.2) is 0 Å². The molecule has 1 aliphatic rings. The molecule has 0 saturated carbocycles. The van der Waals surface area contributed by atoms with Crippen LogP contribution in [0.25, 0.3) is 0 Å². The van der Waals surface area contributed by atoms with Crippen molar-refractivity contribution in [2.24, 2.45) is 0 Å². The molecule has 0 aromatic carbocycles. The van der Waals surface area contributed by atoms with Crippen molar-refractivity contribution in [2.75, 3.05) is 13.2 Å². The predicted octanol–water partition coefficient (Wildman–Crippen LogP) is 15.3. The minimum atomic E-state index is -1.57. The molecule has 0 spiro atoms. The number of hydrogen-bond acceptors (Lipinski definition) is 8. The molecular weight excluding hydrogens is 923 g/mol. The van der Waals surface area contributed by atoms with E-state index in [0.29, 0.717) is 12.8 Å². The van der Waals surface area contributed by atoms with E-state index in [1.807, 2.05) is 0 Å². The fourth-order valence-corrected chi connectivity index (χ4v) is 8.93. The van der Waals surface area contributed by atoms with E-state index in [9.17, 15) is 30.3 Å². The second-order valence-corrected chi connectivity index (χ2v) is 20.4. The second-order valence-electron chi connectivity index (χ2n) is 20.4. The fraction of sp³-hybridized carbons (Fsp3) is 0.708. The van der Waals surface area contributed by atoms with Crippen LogP contribution in [0.2, 0.25) is 0 Å². The number of allylic oxidation sites excluding steroid dienone is 18. The molecule has 7 unspecified atom stereocenters. The van der Waals surface area contributed by atoms with E-state index in [0.717, 1.165) is 83.5 Å². The normalized spacial score (nSPS) is 19.8. The molecule has 1 aliphatic heterocycles. The Kier molecular flexibility index (Phi) is 49.6. The first-order valence-electron chi connectivity index (χ1n) is 30.1. The summed E-state index contributed by atoms with van der Waals surface area (Å²) in [6.45, 7) is 3.70. The molecule has 0 radical (unpaired) electrons. The summed E-state index contributed by atoms with van der Waals surface area (Å²) in [5.41, 5.74) is 0. The molecular formula is C65H111NO8. The Bertz CT molecular complexity index is 1530. The van der Waals surface area contributed by atoms with Crippen LogP contribution in [-0.4, -0.2) is 87.5 Å². The average molecular weight is 1030 g/mol. The van der Waals surface area contributed by atoms with E-state index >= 15 is 0 Å². The molecule has 9 heteroatoms. The zero-order valence-electron chi connectivity index (χ0n) is 47.1. The molecule has 1 saturated heterocycles. The van der Waals surface area contributed by atoms with Gasteiger partial charge < -0.3 is 40.3 Å². The van der Waals surface area contributed by atoms with Crippen LogP contribution in [0.4, 0.5) is 0 Å². The van der Waals surface area contributed by atoms with Crippen molar-refractivity contribution in [3.8, 4) is 0 Å². The van der Waals surface area contributed by atoms with Crippen LogP contribution in [0, 0.1) is 0 Å². The quantitative estimate of drug-likeness (QED) is 0.0261. The lowest BCUT2D eigenvalue weighted by atomic mass is 9.99. The molecule has 1 amide bonds. The van der Waals surface area contributed by atoms with Crippen LogP contribution in [-0.2, 0) is 14.3 Å². The van der Waals surface area contributed by atoms with Crippen molar-refractivity contribution in [1.29, 1.82) is 0 Å². The lowest BCUT2D eigenvalue weighted by molar-refractivity contribution is -0.302. The Labute approximate surface area is 453 Å². The first-order chi connectivity index (χ1) is 36.3. The highest BCUT2D eigenvalue weighted by Gasteiger charge is 2.44. The highest BCUT2D eigenvalue weighted by molar-refractivity contribution is 5.76. The maximum Gasteiger partial charge on any atom is 0.220 e. The van der Waals surface area contributed by atoms with Crippen LogP contribution in [0.3, 0.4) is 0 Å². The summed E-state index contributed by atoms with van der Waals surface area (Å²) >= 11 is 0. The second kappa shape index (κ2) is 53.3. The largest absolute Gasteiger partial charge is 0.394 e. The third-order valence-corrected chi connectivity index (χ3v) is 13.6. The van der Waals surface area contributed by atoms with Gasteiger partial charge in [-0.1, -0.05) is 264 Å². The molecule has 1 fully saturated rings. The van der Waals surface area contributed by atoms with Crippen molar-refractivity contribution < 1.29 is 39.8 Å². The Hall–Kier alpha value is -3.15. The summed E-state index contributed by atoms with van der Waals surface area (Å²) in [6, 6.07) is -0.759. The van der Waals surface area contributed by atoms with E-state index in [2.05, 4.69) is 129 Å². The fourth-order valence-electron chi connectivity index (χ4n) is 8.93. The number of aliphatic hydroxyl groups excluding tert-OH is 5. The summed E-state index contributed by atoms with van der Waals surface area (Å²) in [5, 5.41) is 54.7. The van der Waals surface area contributed by atoms with Crippen LogP contribution >= 0.6 is 0 Å². The number of carbonyl (C=O) groups is 1. The van der Waals surface area contributed by atoms with Crippen molar-refractivity contribution in [1.82, 2.24) is 5.32 Å². The van der Waals surface area contributed by atoms with Gasteiger partial charge in [-0.15, -0.1) is 0 Å². The van der Waals surface area contributed by atoms with Crippen LogP contribution < -0.4 is 5.32 Å². The molecule has 74 heavy (non-hydrogen) atoms. The monoisotopic (exact) mass is 1030 g/mol. The molecule has 7 atom stereocenters. The van der Waals surface area contributed by atoms with Gasteiger partial charge in [0.15, 0.2) is 6.29 Å². The van der Waals surface area contributed by atoms with Gasteiger partial charge in [0.1, 0.15) is 24.4 Å². The minimum Gasteiger partial charge on any atom is -0.394 e. The van der Waals surface area contributed by atoms with Gasteiger partial charge in [0.2, 0.25) is 5.91 Å². The molecule has 0 aliphatic carbocycles. The molecule has 9 nitrogen and oxygen atoms in total. The van der Waals surface area contributed by atoms with Gasteiger partial charge in [-0.2, -0.15) is 0 Å². The average Bonchev–Trinajstić information content (AvgIpc) is 3.40. The summed E-state index contributed by atoms with van der Waals surface area (Å²) in [5.74, 6) is -0.204. The van der Waals surface area contributed by atoms with E-state index < -0.39 is 49.5 Å². The molecule has 0 aromatic heterocycles. The number of aliphatic hydroxyl groups is 5. The Balaban J connectivity index is 2.27. The number of rotatable bonds is 50. The van der Waals surface area contributed by atoms with Gasteiger partial charge >= 0.3 is 0 Å². The first kappa shape index (κ1) is 68.9. The van der Waals surface area contributed by atoms with Gasteiger partial charge in [0.05, 0.1) is 25.4 Å². The summed E-state index contributed by atoms with van der Waals surface area (Å²) in [6.07, 6.45) is 71.2. The van der Waals surface area contributed by atoms with Gasteiger partial charge in [-0.3, -0.25) is 4.79 Å². The SMILES string of the molecule is CC/C=C\C/C=C\C/C=C\C/C=C\C/C=C\C/C=C\C/C=C\C/C=C\C/C=C\CCCC(=O)NC(COC1OC(CO)C(O)C(O)C1O)C(O)CCCCCCCCCCCCCCCCCCCCCCCC. The van der Waals surface area contributed by atoms with Crippen LogP contribution in [0.1, 0.15) is 239 Å². The predicted molar refractivity (Wildman–Crippen MR) is 313 cm³/mol. The Morgan fingerprint density at radius 1 is 0.473 bits per heavy atom. The lowest BCUT2D eigenvalue weighted by Crippen LogP contribution is -2.60. The number of hydrogen-bond donors (Lipinski definition) is 6. The lowest BCUT2D eigenvalue weighted by Gasteiger charge is -2.40. The van der Waals surface area contributed by atoms with Gasteiger partial charge in [-0.05, 0) is 77.0 Å². The Morgan fingerprint density at radius 3 is 1.19 bits per heavy atom. The highest BCUT2D eigenvalue weighted by Crippen LogP contribution is 2.23. The van der Waals surface area contributed by atoms with Crippen molar-refractivity contribution in [3.63, 3.8) is 0 Å². The van der Waals surface area contributed by atoms with E-state index in [1.165, 1.54) is 122 Å². The summed E-state index contributed by atoms with van der Waals surface area (Å²) < 4.78 is 11.3. The number of unbranched alkanes of at least 4 members (excludes halogenated alkanes) is 22. The minimum absolute atomic E-state index is 0.168. The third kappa shape index (κ3) is 42.0. The smallest absolute Gasteiger partial charge is 0.220 e. The number of amides is 1. The highest BCUT2D eigenvalue weighted by atomic mass is 16.7. The Morgan fingerprint density at radius 2 is 0.824 bits per heavy atom. The van der Waals surface area contributed by atoms with Gasteiger partial charge in [0, 0.05) is 6.42 Å². The van der Waals surface area contributed by atoms with Crippen LogP contribution in [0.15, 0.2) is 109 Å². The molecule has 1 rings (SSSR count). The number of nitrogens with one attached hydrogen (secondary N) is 1. The maximum atomic E-state index is 13.1. The summed E-state index contributed by atoms with van der Waals surface area (Å²) in [7, 11) is 0. The van der Waals surface area contributed by atoms with E-state index in [4.69, 9.17) is 9.47 Å². The summed E-state index contributed by atoms with van der Waals surface area (Å²) in [4.78, 5) is 13.1. The van der Waals surface area contributed by atoms with Crippen molar-refractivity contribution in [3.05, 3.63) is 109 Å². The van der Waals surface area contributed by atoms with Crippen LogP contribution in [0.5, 0.6) is 0 Å². The van der Waals surface area contributed by atoms with Crippen molar-refractivity contribution >= 4 is 5.91 Å². The van der Waals surface area contributed by atoms with Gasteiger partial charge in [0.25, 0.3) is 0 Å². The number of carbonyl (C=O) groups excluding carboxylic acids is 1. The zero-order valence-corrected chi connectivity index (χ0v) is 47.1. The molecule has 1 heterocycles. The molecule has 424 valence electrons. The maximum absolute atomic E-state index is 13.1. The van der Waals surface area contributed by atoms with Crippen molar-refractivity contribution in [2.45, 2.75) is 281 Å². The molecule has 0 aromatic rings. The molecule has 0 bridgehead atoms. The third-order valence-electron chi connectivity index (χ3n) is 13.6. The topological polar surface area (TPSA) is 149 Å². The zero-order chi connectivity index (χ0) is 53.6. The number of ether oxygens (including phenoxy) is 2. The first-order valence-corrected chi connectivity index (χ1v) is 30.1. The molecule has 6 N–H and O–H groups in total. The van der Waals surface area contributed by atoms with E-state index in [1.54, 1.807) is 0 Å².